The van der Waals surface area contributed by atoms with Crippen LogP contribution in [0.5, 0.6) is 0 Å². The molecule has 0 saturated carbocycles. The van der Waals surface area contributed by atoms with Gasteiger partial charge < -0.3 is 5.11 Å². The molecule has 100 valence electrons. The zero-order chi connectivity index (χ0) is 14.0. The standard InChI is InChI=1S/C10H11N5O3S/c1-6(16)7-3-4-9(8(5-7)15(17)18)19-10-11-12-13-14(10)2/h3-6,16H,1-2H3/t6-/m1/s1. The molecule has 1 aromatic heterocycles. The van der Waals surface area contributed by atoms with E-state index in [0.717, 1.165) is 11.8 Å². The van der Waals surface area contributed by atoms with Crippen LogP contribution in [0.2, 0.25) is 0 Å². The van der Waals surface area contributed by atoms with Crippen LogP contribution in [0.4, 0.5) is 5.69 Å². The van der Waals surface area contributed by atoms with Crippen molar-refractivity contribution in [2.75, 3.05) is 0 Å². The highest BCUT2D eigenvalue weighted by Crippen LogP contribution is 2.34. The third kappa shape index (κ3) is 2.88. The van der Waals surface area contributed by atoms with Crippen LogP contribution in [0.15, 0.2) is 28.3 Å². The molecule has 1 heterocycles. The lowest BCUT2D eigenvalue weighted by atomic mass is 10.1. The van der Waals surface area contributed by atoms with Gasteiger partial charge in [-0.1, -0.05) is 6.07 Å². The summed E-state index contributed by atoms with van der Waals surface area (Å²) in [4.78, 5) is 11.0. The molecule has 1 aromatic carbocycles. The number of aryl methyl sites for hydroxylation is 1. The summed E-state index contributed by atoms with van der Waals surface area (Å²) >= 11 is 1.10. The third-order valence-corrected chi connectivity index (χ3v) is 3.54. The number of nitro benzene ring substituents is 1. The van der Waals surface area contributed by atoms with Crippen LogP contribution >= 0.6 is 11.8 Å². The zero-order valence-electron chi connectivity index (χ0n) is 10.2. The lowest BCUT2D eigenvalue weighted by Crippen LogP contribution is -1.98. The fourth-order valence-electron chi connectivity index (χ4n) is 1.43. The maximum absolute atomic E-state index is 11.1. The van der Waals surface area contributed by atoms with E-state index < -0.39 is 11.0 Å². The van der Waals surface area contributed by atoms with E-state index in [-0.39, 0.29) is 5.69 Å². The fourth-order valence-corrected chi connectivity index (χ4v) is 2.25. The molecule has 0 bridgehead atoms. The zero-order valence-corrected chi connectivity index (χ0v) is 11.0. The molecule has 9 heteroatoms. The van der Waals surface area contributed by atoms with Gasteiger partial charge in [-0.15, -0.1) is 5.10 Å². The van der Waals surface area contributed by atoms with Crippen molar-refractivity contribution in [3.8, 4) is 0 Å². The maximum atomic E-state index is 11.1. The molecule has 0 fully saturated rings. The van der Waals surface area contributed by atoms with E-state index in [0.29, 0.717) is 15.6 Å². The van der Waals surface area contributed by atoms with E-state index in [9.17, 15) is 15.2 Å². The molecule has 2 aromatic rings. The van der Waals surface area contributed by atoms with Crippen LogP contribution in [0.1, 0.15) is 18.6 Å². The Hall–Kier alpha value is -2.00. The Morgan fingerprint density at radius 1 is 1.53 bits per heavy atom. The minimum atomic E-state index is -0.755. The SMILES string of the molecule is C[C@@H](O)c1ccc(Sc2nnnn2C)c([N+](=O)[O-])c1. The maximum Gasteiger partial charge on any atom is 0.283 e. The Kier molecular flexibility index (Phi) is 3.76. The van der Waals surface area contributed by atoms with Gasteiger partial charge in [0, 0.05) is 13.1 Å². The summed E-state index contributed by atoms with van der Waals surface area (Å²) in [5, 5.41) is 31.9. The van der Waals surface area contributed by atoms with Crippen molar-refractivity contribution in [3.05, 3.63) is 33.9 Å². The van der Waals surface area contributed by atoms with E-state index >= 15 is 0 Å². The minimum absolute atomic E-state index is 0.0774. The first-order chi connectivity index (χ1) is 8.99. The van der Waals surface area contributed by atoms with Gasteiger partial charge in [-0.3, -0.25) is 10.1 Å². The molecule has 1 N–H and O–H groups in total. The molecule has 2 rings (SSSR count). The average molecular weight is 281 g/mol. The van der Waals surface area contributed by atoms with Crippen molar-refractivity contribution in [2.45, 2.75) is 23.1 Å². The molecular formula is C10H11N5O3S. The van der Waals surface area contributed by atoms with Gasteiger partial charge >= 0.3 is 0 Å². The predicted octanol–water partition coefficient (Wildman–Crippen LogP) is 1.32. The largest absolute Gasteiger partial charge is 0.389 e. The highest BCUT2D eigenvalue weighted by atomic mass is 32.2. The number of aromatic nitrogens is 4. The number of nitro groups is 1. The molecule has 0 amide bonds. The van der Waals surface area contributed by atoms with Crippen LogP contribution in [-0.2, 0) is 7.05 Å². The molecule has 0 unspecified atom stereocenters. The van der Waals surface area contributed by atoms with E-state index in [2.05, 4.69) is 15.5 Å². The second-order valence-corrected chi connectivity index (χ2v) is 4.86. The molecule has 0 saturated heterocycles. The van der Waals surface area contributed by atoms with Gasteiger partial charge in [0.25, 0.3) is 5.69 Å². The lowest BCUT2D eigenvalue weighted by Gasteiger charge is -2.06. The van der Waals surface area contributed by atoms with Crippen molar-refractivity contribution in [3.63, 3.8) is 0 Å². The number of aliphatic hydroxyl groups excluding tert-OH is 1. The smallest absolute Gasteiger partial charge is 0.283 e. The lowest BCUT2D eigenvalue weighted by molar-refractivity contribution is -0.387. The number of hydrogen-bond donors (Lipinski definition) is 1. The second-order valence-electron chi connectivity index (χ2n) is 3.85. The van der Waals surface area contributed by atoms with E-state index in [1.54, 1.807) is 26.1 Å². The first-order valence-corrected chi connectivity index (χ1v) is 6.17. The van der Waals surface area contributed by atoms with Crippen LogP contribution in [0.25, 0.3) is 0 Å². The first-order valence-electron chi connectivity index (χ1n) is 5.35. The molecule has 8 nitrogen and oxygen atoms in total. The highest BCUT2D eigenvalue weighted by Gasteiger charge is 2.19. The van der Waals surface area contributed by atoms with Gasteiger partial charge in [0.05, 0.1) is 15.9 Å². The summed E-state index contributed by atoms with van der Waals surface area (Å²) in [5.41, 5.74) is 0.415. The van der Waals surface area contributed by atoms with E-state index in [4.69, 9.17) is 0 Å². The number of rotatable bonds is 4. The predicted molar refractivity (Wildman–Crippen MR) is 66.7 cm³/mol. The molecule has 0 aliphatic rings. The Bertz CT molecular complexity index is 613. The van der Waals surface area contributed by atoms with Crippen LogP contribution in [-0.4, -0.2) is 30.2 Å². The van der Waals surface area contributed by atoms with E-state index in [1.165, 1.54) is 10.7 Å². The number of aliphatic hydroxyl groups is 1. The fraction of sp³-hybridized carbons (Fsp3) is 0.300. The summed E-state index contributed by atoms with van der Waals surface area (Å²) in [6.07, 6.45) is -0.755. The number of nitrogens with zero attached hydrogens (tertiary/aromatic N) is 5. The van der Waals surface area contributed by atoms with E-state index in [1.807, 2.05) is 0 Å². The van der Waals surface area contributed by atoms with Crippen molar-refractivity contribution < 1.29 is 10.0 Å². The molecule has 0 radical (unpaired) electrons. The second kappa shape index (κ2) is 5.33. The first kappa shape index (κ1) is 13.4. The molecule has 1 atom stereocenters. The number of tetrazole rings is 1. The van der Waals surface area contributed by atoms with Crippen LogP contribution in [0, 0.1) is 10.1 Å². The van der Waals surface area contributed by atoms with Gasteiger partial charge in [-0.2, -0.15) is 0 Å². The monoisotopic (exact) mass is 281 g/mol. The summed E-state index contributed by atoms with van der Waals surface area (Å²) in [5.74, 6) is 0. The summed E-state index contributed by atoms with van der Waals surface area (Å²) in [7, 11) is 1.65. The molecule has 19 heavy (non-hydrogen) atoms. The van der Waals surface area contributed by atoms with Gasteiger partial charge in [0.15, 0.2) is 0 Å². The Balaban J connectivity index is 2.40. The van der Waals surface area contributed by atoms with Gasteiger partial charge in [-0.25, -0.2) is 4.68 Å². The van der Waals surface area contributed by atoms with Gasteiger partial charge in [-0.05, 0) is 40.7 Å². The van der Waals surface area contributed by atoms with Crippen LogP contribution in [0.3, 0.4) is 0 Å². The number of hydrogen-bond acceptors (Lipinski definition) is 7. The minimum Gasteiger partial charge on any atom is -0.389 e. The normalized spacial score (nSPS) is 12.4. The number of benzene rings is 1. The molecular weight excluding hydrogens is 270 g/mol. The summed E-state index contributed by atoms with van der Waals surface area (Å²) in [6, 6.07) is 4.58. The molecule has 0 aliphatic carbocycles. The van der Waals surface area contributed by atoms with Crippen molar-refractivity contribution in [2.24, 2.45) is 7.05 Å². The van der Waals surface area contributed by atoms with Gasteiger partial charge in [0.2, 0.25) is 5.16 Å². The van der Waals surface area contributed by atoms with Gasteiger partial charge in [0.1, 0.15) is 0 Å². The van der Waals surface area contributed by atoms with Crippen molar-refractivity contribution >= 4 is 17.4 Å². The summed E-state index contributed by atoms with van der Waals surface area (Å²) in [6.45, 7) is 1.55. The van der Waals surface area contributed by atoms with Crippen molar-refractivity contribution in [1.82, 2.24) is 20.2 Å². The van der Waals surface area contributed by atoms with Crippen LogP contribution < -0.4 is 0 Å². The Labute approximate surface area is 112 Å². The molecule has 0 aliphatic heterocycles. The summed E-state index contributed by atoms with van der Waals surface area (Å²) < 4.78 is 1.43. The Morgan fingerprint density at radius 2 is 2.26 bits per heavy atom. The topological polar surface area (TPSA) is 107 Å². The molecule has 0 spiro atoms. The quantitative estimate of drug-likeness (QED) is 0.665. The van der Waals surface area contributed by atoms with Crippen molar-refractivity contribution in [1.29, 1.82) is 0 Å². The average Bonchev–Trinajstić information content (AvgIpc) is 2.75. The Morgan fingerprint density at radius 3 is 2.79 bits per heavy atom. The highest BCUT2D eigenvalue weighted by molar-refractivity contribution is 7.99. The third-order valence-electron chi connectivity index (χ3n) is 2.44.